The van der Waals surface area contributed by atoms with Gasteiger partial charge < -0.3 is 5.73 Å². The Hall–Kier alpha value is -0.860. The summed E-state index contributed by atoms with van der Waals surface area (Å²) in [5.74, 6) is 1.74. The van der Waals surface area contributed by atoms with E-state index in [-0.39, 0.29) is 0 Å². The van der Waals surface area contributed by atoms with Crippen LogP contribution in [0, 0.1) is 11.8 Å². The number of rotatable bonds is 5. The molecule has 1 saturated carbocycles. The fraction of sp³-hybridized carbons (Fsp3) is 0.684. The molecule has 2 nitrogen and oxygen atoms in total. The molecule has 1 aliphatic heterocycles. The van der Waals surface area contributed by atoms with Crippen molar-refractivity contribution in [3.8, 4) is 0 Å². The van der Waals surface area contributed by atoms with E-state index in [2.05, 4.69) is 35.2 Å². The standard InChI is InChI=1S/C19H30N2/c20-15-19(18-8-4-5-9-18)21-12-10-17(11-13-21)14-16-6-2-1-3-7-16/h1-3,6-7,17-19H,4-5,8-15,20H2. The number of hydrogen-bond donors (Lipinski definition) is 1. The molecule has 0 aromatic heterocycles. The Morgan fingerprint density at radius 3 is 2.29 bits per heavy atom. The van der Waals surface area contributed by atoms with Gasteiger partial charge in [0.1, 0.15) is 0 Å². The van der Waals surface area contributed by atoms with Crippen LogP contribution in [-0.4, -0.2) is 30.6 Å². The minimum atomic E-state index is 0.658. The number of benzene rings is 1. The molecule has 1 aromatic rings. The summed E-state index contributed by atoms with van der Waals surface area (Å²) in [6, 6.07) is 11.6. The first-order valence-electron chi connectivity index (χ1n) is 8.85. The Balaban J connectivity index is 1.50. The quantitative estimate of drug-likeness (QED) is 0.898. The zero-order valence-electron chi connectivity index (χ0n) is 13.2. The normalized spacial score (nSPS) is 23.5. The van der Waals surface area contributed by atoms with Gasteiger partial charge in [0.2, 0.25) is 0 Å². The van der Waals surface area contributed by atoms with E-state index in [9.17, 15) is 0 Å². The van der Waals surface area contributed by atoms with Gasteiger partial charge in [0.25, 0.3) is 0 Å². The maximum Gasteiger partial charge on any atom is 0.0246 e. The van der Waals surface area contributed by atoms with Crippen molar-refractivity contribution in [2.24, 2.45) is 17.6 Å². The summed E-state index contributed by atoms with van der Waals surface area (Å²) < 4.78 is 0. The highest BCUT2D eigenvalue weighted by molar-refractivity contribution is 5.15. The third kappa shape index (κ3) is 3.87. The Morgan fingerprint density at radius 1 is 1.00 bits per heavy atom. The summed E-state index contributed by atoms with van der Waals surface area (Å²) >= 11 is 0. The molecule has 0 amide bonds. The third-order valence-corrected chi connectivity index (χ3v) is 5.67. The van der Waals surface area contributed by atoms with Gasteiger partial charge in [0.15, 0.2) is 0 Å². The van der Waals surface area contributed by atoms with Crippen LogP contribution in [0.2, 0.25) is 0 Å². The molecule has 2 fully saturated rings. The highest BCUT2D eigenvalue weighted by Crippen LogP contribution is 2.32. The van der Waals surface area contributed by atoms with E-state index in [1.54, 1.807) is 0 Å². The molecule has 0 bridgehead atoms. The lowest BCUT2D eigenvalue weighted by molar-refractivity contribution is 0.0997. The number of likely N-dealkylation sites (tertiary alicyclic amines) is 1. The molecule has 2 aliphatic rings. The molecule has 1 unspecified atom stereocenters. The van der Waals surface area contributed by atoms with Crippen LogP contribution in [0.1, 0.15) is 44.1 Å². The molecular formula is C19H30N2. The summed E-state index contributed by atoms with van der Waals surface area (Å²) in [6.07, 6.45) is 9.61. The lowest BCUT2D eigenvalue weighted by atomic mass is 9.87. The van der Waals surface area contributed by atoms with Crippen molar-refractivity contribution in [1.82, 2.24) is 4.90 Å². The maximum atomic E-state index is 6.10. The van der Waals surface area contributed by atoms with E-state index in [1.165, 1.54) is 63.6 Å². The SMILES string of the molecule is NCC(C1CCCC1)N1CCC(Cc2ccccc2)CC1. The lowest BCUT2D eigenvalue weighted by Gasteiger charge is -2.40. The summed E-state index contributed by atoms with van der Waals surface area (Å²) in [4.78, 5) is 2.71. The highest BCUT2D eigenvalue weighted by Gasteiger charge is 2.31. The van der Waals surface area contributed by atoms with E-state index in [0.29, 0.717) is 6.04 Å². The average Bonchev–Trinajstić information content (AvgIpc) is 3.05. The van der Waals surface area contributed by atoms with Crippen LogP contribution in [0.5, 0.6) is 0 Å². The van der Waals surface area contributed by atoms with Crippen molar-refractivity contribution in [2.45, 2.75) is 51.0 Å². The summed E-state index contributed by atoms with van der Waals surface area (Å²) in [5.41, 5.74) is 7.60. The zero-order valence-corrected chi connectivity index (χ0v) is 13.2. The van der Waals surface area contributed by atoms with Crippen LogP contribution < -0.4 is 5.73 Å². The Kier molecular flexibility index (Phi) is 5.32. The summed E-state index contributed by atoms with van der Waals surface area (Å²) in [6.45, 7) is 3.37. The molecule has 1 aliphatic carbocycles. The second kappa shape index (κ2) is 7.42. The van der Waals surface area contributed by atoms with Gasteiger partial charge in [0, 0.05) is 12.6 Å². The van der Waals surface area contributed by atoms with E-state index < -0.39 is 0 Å². The predicted octanol–water partition coefficient (Wildman–Crippen LogP) is 3.46. The molecule has 21 heavy (non-hydrogen) atoms. The molecule has 1 aromatic carbocycles. The molecule has 2 heteroatoms. The fourth-order valence-electron chi connectivity index (χ4n) is 4.42. The van der Waals surface area contributed by atoms with Gasteiger partial charge in [-0.2, -0.15) is 0 Å². The summed E-state index contributed by atoms with van der Waals surface area (Å²) in [5, 5.41) is 0. The smallest absolute Gasteiger partial charge is 0.0246 e. The minimum absolute atomic E-state index is 0.658. The first-order chi connectivity index (χ1) is 10.4. The van der Waals surface area contributed by atoms with E-state index in [1.807, 2.05) is 0 Å². The van der Waals surface area contributed by atoms with Crippen LogP contribution in [-0.2, 0) is 6.42 Å². The summed E-state index contributed by atoms with van der Waals surface area (Å²) in [7, 11) is 0. The third-order valence-electron chi connectivity index (χ3n) is 5.67. The van der Waals surface area contributed by atoms with Gasteiger partial charge in [-0.05, 0) is 62.6 Å². The fourth-order valence-corrected chi connectivity index (χ4v) is 4.42. The van der Waals surface area contributed by atoms with E-state index >= 15 is 0 Å². The van der Waals surface area contributed by atoms with Crippen molar-refractivity contribution in [3.63, 3.8) is 0 Å². The molecule has 3 rings (SSSR count). The molecule has 0 spiro atoms. The lowest BCUT2D eigenvalue weighted by Crippen LogP contribution is -2.48. The van der Waals surface area contributed by atoms with Crippen molar-refractivity contribution < 1.29 is 0 Å². The molecule has 2 N–H and O–H groups in total. The number of nitrogens with two attached hydrogens (primary N) is 1. The van der Waals surface area contributed by atoms with Gasteiger partial charge >= 0.3 is 0 Å². The Morgan fingerprint density at radius 2 is 1.67 bits per heavy atom. The molecule has 116 valence electrons. The first-order valence-corrected chi connectivity index (χ1v) is 8.85. The predicted molar refractivity (Wildman–Crippen MR) is 89.2 cm³/mol. The van der Waals surface area contributed by atoms with Crippen molar-refractivity contribution >= 4 is 0 Å². The maximum absolute atomic E-state index is 6.10. The van der Waals surface area contributed by atoms with Crippen LogP contribution in [0.3, 0.4) is 0 Å². The minimum Gasteiger partial charge on any atom is -0.329 e. The van der Waals surface area contributed by atoms with Gasteiger partial charge in [-0.1, -0.05) is 43.2 Å². The van der Waals surface area contributed by atoms with Crippen molar-refractivity contribution in [1.29, 1.82) is 0 Å². The molecule has 1 saturated heterocycles. The van der Waals surface area contributed by atoms with Gasteiger partial charge in [-0.15, -0.1) is 0 Å². The van der Waals surface area contributed by atoms with E-state index in [4.69, 9.17) is 5.73 Å². The Bertz CT molecular complexity index is 403. The largest absolute Gasteiger partial charge is 0.329 e. The van der Waals surface area contributed by atoms with Crippen molar-refractivity contribution in [2.75, 3.05) is 19.6 Å². The number of piperidine rings is 1. The second-order valence-electron chi connectivity index (χ2n) is 7.02. The van der Waals surface area contributed by atoms with Crippen LogP contribution in [0.25, 0.3) is 0 Å². The Labute approximate surface area is 129 Å². The van der Waals surface area contributed by atoms with Gasteiger partial charge in [0.05, 0.1) is 0 Å². The highest BCUT2D eigenvalue weighted by atomic mass is 15.2. The number of hydrogen-bond acceptors (Lipinski definition) is 2. The van der Waals surface area contributed by atoms with Crippen LogP contribution in [0.15, 0.2) is 30.3 Å². The van der Waals surface area contributed by atoms with Crippen LogP contribution >= 0.6 is 0 Å². The molecule has 1 atom stereocenters. The van der Waals surface area contributed by atoms with Gasteiger partial charge in [-0.3, -0.25) is 4.90 Å². The number of nitrogens with zero attached hydrogens (tertiary/aromatic N) is 1. The first kappa shape index (κ1) is 15.1. The van der Waals surface area contributed by atoms with Gasteiger partial charge in [-0.25, -0.2) is 0 Å². The average molecular weight is 286 g/mol. The molecular weight excluding hydrogens is 256 g/mol. The monoisotopic (exact) mass is 286 g/mol. The molecule has 1 heterocycles. The second-order valence-corrected chi connectivity index (χ2v) is 7.02. The topological polar surface area (TPSA) is 29.3 Å². The van der Waals surface area contributed by atoms with Crippen molar-refractivity contribution in [3.05, 3.63) is 35.9 Å². The molecule has 0 radical (unpaired) electrons. The van der Waals surface area contributed by atoms with Crippen LogP contribution in [0.4, 0.5) is 0 Å². The zero-order chi connectivity index (χ0) is 14.5. The van der Waals surface area contributed by atoms with E-state index in [0.717, 1.165) is 18.4 Å².